The third kappa shape index (κ3) is 2.78. The van der Waals surface area contributed by atoms with Crippen molar-refractivity contribution in [1.82, 2.24) is 10.2 Å². The highest BCUT2D eigenvalue weighted by Gasteiger charge is 2.45. The van der Waals surface area contributed by atoms with Crippen molar-refractivity contribution in [2.24, 2.45) is 0 Å². The van der Waals surface area contributed by atoms with Crippen LogP contribution in [-0.4, -0.2) is 49.2 Å². The molecule has 1 spiro atoms. The number of piperidine rings is 1. The lowest BCUT2D eigenvalue weighted by Crippen LogP contribution is -2.52. The summed E-state index contributed by atoms with van der Waals surface area (Å²) in [5.74, 6) is 0.451. The van der Waals surface area contributed by atoms with E-state index in [1.54, 1.807) is 23.1 Å². The Balaban J connectivity index is 1.62. The number of alkyl carbamates (subject to hydrolysis) is 1. The van der Waals surface area contributed by atoms with E-state index in [1.807, 2.05) is 0 Å². The van der Waals surface area contributed by atoms with Gasteiger partial charge in [0.1, 0.15) is 5.60 Å². The Morgan fingerprint density at radius 2 is 2.24 bits per heavy atom. The van der Waals surface area contributed by atoms with Gasteiger partial charge in [0.2, 0.25) is 0 Å². The first-order valence-electron chi connectivity index (χ1n) is 8.03. The predicted octanol–water partition coefficient (Wildman–Crippen LogP) is 2.81. The molecule has 0 aliphatic carbocycles. The van der Waals surface area contributed by atoms with Crippen LogP contribution in [0.15, 0.2) is 22.6 Å². The summed E-state index contributed by atoms with van der Waals surface area (Å²) >= 11 is 6.06. The lowest BCUT2D eigenvalue weighted by atomic mass is 9.93. The number of likely N-dealkylation sites (tertiary alicyclic amines) is 1. The summed E-state index contributed by atoms with van der Waals surface area (Å²) in [6.45, 7) is 1.35. The second kappa shape index (κ2) is 5.84. The van der Waals surface area contributed by atoms with Gasteiger partial charge in [-0.15, -0.1) is 0 Å². The Kier molecular flexibility index (Phi) is 3.76. The molecule has 25 heavy (non-hydrogen) atoms. The average molecular weight is 365 g/mol. The highest BCUT2D eigenvalue weighted by molar-refractivity contribution is 6.31. The molecular formula is C17H17ClN2O5. The average Bonchev–Trinajstić information content (AvgIpc) is 3.17. The van der Waals surface area contributed by atoms with E-state index in [2.05, 4.69) is 5.32 Å². The van der Waals surface area contributed by atoms with Gasteiger partial charge in [-0.05, 0) is 25.0 Å². The molecule has 2 aliphatic rings. The molecule has 0 saturated carbocycles. The van der Waals surface area contributed by atoms with Crippen LogP contribution in [-0.2, 0) is 4.74 Å². The third-order valence-corrected chi connectivity index (χ3v) is 4.89. The van der Waals surface area contributed by atoms with Gasteiger partial charge in [0.25, 0.3) is 5.91 Å². The first-order valence-corrected chi connectivity index (χ1v) is 8.41. The fourth-order valence-corrected chi connectivity index (χ4v) is 3.72. The Bertz CT molecular complexity index is 864. The number of nitrogens with zero attached hydrogens (tertiary/aromatic N) is 1. The molecule has 8 heteroatoms. The summed E-state index contributed by atoms with van der Waals surface area (Å²) in [7, 11) is 1.52. The van der Waals surface area contributed by atoms with E-state index in [9.17, 15) is 9.59 Å². The molecule has 0 unspecified atom stereocenters. The number of hydrogen-bond donors (Lipinski definition) is 1. The van der Waals surface area contributed by atoms with Gasteiger partial charge in [0.15, 0.2) is 17.1 Å². The van der Waals surface area contributed by atoms with E-state index < -0.39 is 11.7 Å². The molecule has 4 rings (SSSR count). The maximum Gasteiger partial charge on any atom is 0.407 e. The number of rotatable bonds is 2. The number of carbonyl (C=O) groups is 2. The van der Waals surface area contributed by atoms with Crippen LogP contribution in [0, 0.1) is 0 Å². The van der Waals surface area contributed by atoms with Crippen LogP contribution in [0.2, 0.25) is 5.02 Å². The SMILES string of the molecule is COc1cc(Cl)cc2cc(C(=O)N3CCC[C@]4(CNC(=O)O4)C3)oc12. The maximum absolute atomic E-state index is 12.9. The standard InChI is InChI=1S/C17H17ClN2O5/c1-23-12-7-11(18)5-10-6-13(24-14(10)12)15(21)20-4-2-3-17(9-20)8-19-16(22)25-17/h5-7H,2-4,8-9H2,1H3,(H,19,22)/t17-/m0/s1. The molecule has 2 amide bonds. The summed E-state index contributed by atoms with van der Waals surface area (Å²) in [4.78, 5) is 25.9. The highest BCUT2D eigenvalue weighted by atomic mass is 35.5. The van der Waals surface area contributed by atoms with Crippen LogP contribution >= 0.6 is 11.6 Å². The zero-order valence-corrected chi connectivity index (χ0v) is 14.4. The molecule has 1 atom stereocenters. The summed E-state index contributed by atoms with van der Waals surface area (Å²) < 4.78 is 16.4. The lowest BCUT2D eigenvalue weighted by Gasteiger charge is -2.37. The van der Waals surface area contributed by atoms with Gasteiger partial charge in [0.05, 0.1) is 20.2 Å². The highest BCUT2D eigenvalue weighted by Crippen LogP contribution is 2.34. The van der Waals surface area contributed by atoms with Crippen molar-refractivity contribution in [3.05, 3.63) is 29.0 Å². The second-order valence-electron chi connectivity index (χ2n) is 6.39. The number of methoxy groups -OCH3 is 1. The molecule has 2 aliphatic heterocycles. The number of hydrogen-bond acceptors (Lipinski definition) is 5. The van der Waals surface area contributed by atoms with Crippen LogP contribution in [0.25, 0.3) is 11.0 Å². The van der Waals surface area contributed by atoms with Gasteiger partial charge < -0.3 is 24.1 Å². The fraction of sp³-hybridized carbons (Fsp3) is 0.412. The number of halogens is 1. The van der Waals surface area contributed by atoms with Crippen molar-refractivity contribution >= 4 is 34.6 Å². The normalized spacial score (nSPS) is 23.0. The number of amides is 2. The third-order valence-electron chi connectivity index (χ3n) is 4.67. The summed E-state index contributed by atoms with van der Waals surface area (Å²) in [6, 6.07) is 5.02. The predicted molar refractivity (Wildman–Crippen MR) is 90.1 cm³/mol. The molecule has 2 aromatic rings. The van der Waals surface area contributed by atoms with Crippen LogP contribution in [0.1, 0.15) is 23.4 Å². The van der Waals surface area contributed by atoms with Crippen molar-refractivity contribution < 1.29 is 23.5 Å². The van der Waals surface area contributed by atoms with E-state index in [1.165, 1.54) is 7.11 Å². The van der Waals surface area contributed by atoms with E-state index in [4.69, 9.17) is 25.5 Å². The number of fused-ring (bicyclic) bond motifs is 1. The zero-order valence-electron chi connectivity index (χ0n) is 13.6. The molecule has 132 valence electrons. The Morgan fingerprint density at radius 3 is 2.96 bits per heavy atom. The van der Waals surface area contributed by atoms with Crippen molar-refractivity contribution in [3.8, 4) is 5.75 Å². The minimum atomic E-state index is -0.641. The van der Waals surface area contributed by atoms with E-state index in [0.29, 0.717) is 41.4 Å². The molecule has 3 heterocycles. The Hall–Kier alpha value is -2.41. The number of furan rings is 1. The van der Waals surface area contributed by atoms with E-state index in [0.717, 1.165) is 12.8 Å². The van der Waals surface area contributed by atoms with Gasteiger partial charge >= 0.3 is 6.09 Å². The minimum absolute atomic E-state index is 0.213. The zero-order chi connectivity index (χ0) is 17.6. The molecular weight excluding hydrogens is 348 g/mol. The van der Waals surface area contributed by atoms with Gasteiger partial charge in [-0.3, -0.25) is 4.79 Å². The quantitative estimate of drug-likeness (QED) is 0.886. The molecule has 1 aromatic carbocycles. The Labute approximate surface area is 148 Å². The topological polar surface area (TPSA) is 81.0 Å². The van der Waals surface area contributed by atoms with Crippen LogP contribution in [0.3, 0.4) is 0 Å². The smallest absolute Gasteiger partial charge is 0.407 e. The maximum atomic E-state index is 12.9. The first kappa shape index (κ1) is 16.1. The molecule has 2 saturated heterocycles. The van der Waals surface area contributed by atoms with Gasteiger partial charge in [-0.1, -0.05) is 11.6 Å². The van der Waals surface area contributed by atoms with Crippen molar-refractivity contribution in [3.63, 3.8) is 0 Å². The Morgan fingerprint density at radius 1 is 1.40 bits per heavy atom. The van der Waals surface area contributed by atoms with Crippen molar-refractivity contribution in [2.75, 3.05) is 26.7 Å². The van der Waals surface area contributed by atoms with E-state index in [-0.39, 0.29) is 11.7 Å². The van der Waals surface area contributed by atoms with E-state index >= 15 is 0 Å². The van der Waals surface area contributed by atoms with Crippen LogP contribution < -0.4 is 10.1 Å². The molecule has 0 radical (unpaired) electrons. The van der Waals surface area contributed by atoms with Gasteiger partial charge in [0, 0.05) is 23.0 Å². The molecule has 1 aromatic heterocycles. The minimum Gasteiger partial charge on any atom is -0.493 e. The summed E-state index contributed by atoms with van der Waals surface area (Å²) in [5.41, 5.74) is -0.159. The molecule has 1 N–H and O–H groups in total. The number of benzene rings is 1. The number of ether oxygens (including phenoxy) is 2. The largest absolute Gasteiger partial charge is 0.493 e. The summed E-state index contributed by atoms with van der Waals surface area (Å²) in [5, 5.41) is 3.88. The van der Waals surface area contributed by atoms with Gasteiger partial charge in [-0.25, -0.2) is 4.79 Å². The van der Waals surface area contributed by atoms with Crippen LogP contribution in [0.5, 0.6) is 5.75 Å². The fourth-order valence-electron chi connectivity index (χ4n) is 3.50. The van der Waals surface area contributed by atoms with Gasteiger partial charge in [-0.2, -0.15) is 0 Å². The molecule has 0 bridgehead atoms. The first-order chi connectivity index (χ1) is 12.0. The number of nitrogens with one attached hydrogen (secondary N) is 1. The monoisotopic (exact) mass is 364 g/mol. The second-order valence-corrected chi connectivity index (χ2v) is 6.83. The molecule has 7 nitrogen and oxygen atoms in total. The van der Waals surface area contributed by atoms with Crippen molar-refractivity contribution in [1.29, 1.82) is 0 Å². The van der Waals surface area contributed by atoms with Crippen LogP contribution in [0.4, 0.5) is 4.79 Å². The number of carbonyl (C=O) groups excluding carboxylic acids is 2. The lowest BCUT2D eigenvalue weighted by molar-refractivity contribution is -0.00596. The summed E-state index contributed by atoms with van der Waals surface area (Å²) in [6.07, 6.45) is 1.06. The van der Waals surface area contributed by atoms with Crippen molar-refractivity contribution in [2.45, 2.75) is 18.4 Å². The molecule has 2 fully saturated rings.